The molecule has 0 aromatic carbocycles. The number of rotatable bonds is 6. The molecule has 0 aliphatic heterocycles. The molecule has 0 aliphatic carbocycles. The first kappa shape index (κ1) is 12.4. The maximum Gasteiger partial charge on any atom is 0.132 e. The van der Waals surface area contributed by atoms with Crippen LogP contribution in [0.4, 0.5) is 11.6 Å². The van der Waals surface area contributed by atoms with Gasteiger partial charge in [0.2, 0.25) is 0 Å². The lowest BCUT2D eigenvalue weighted by molar-refractivity contribution is 0.311. The summed E-state index contributed by atoms with van der Waals surface area (Å²) in [5.74, 6) is 2.92. The van der Waals surface area contributed by atoms with Crippen molar-refractivity contribution in [2.45, 2.75) is 13.5 Å². The van der Waals surface area contributed by atoms with E-state index in [9.17, 15) is 0 Å². The molecule has 0 spiro atoms. The molecule has 18 heavy (non-hydrogen) atoms. The monoisotopic (exact) mass is 248 g/mol. The zero-order chi connectivity index (χ0) is 12.8. The smallest absolute Gasteiger partial charge is 0.132 e. The van der Waals surface area contributed by atoms with Crippen LogP contribution in [0.5, 0.6) is 0 Å². The number of nitrogens with one attached hydrogen (secondary N) is 2. The highest BCUT2D eigenvalue weighted by molar-refractivity contribution is 5.47. The van der Waals surface area contributed by atoms with Gasteiger partial charge in [-0.15, -0.1) is 0 Å². The summed E-state index contributed by atoms with van der Waals surface area (Å²) in [6.07, 6.45) is 1.64. The van der Waals surface area contributed by atoms with Crippen LogP contribution in [0, 0.1) is 6.92 Å². The molecule has 6 nitrogen and oxygen atoms in total. The lowest BCUT2D eigenvalue weighted by atomic mass is 10.4. The average Bonchev–Trinajstić information content (AvgIpc) is 2.86. The summed E-state index contributed by atoms with van der Waals surface area (Å²) in [6, 6.07) is 5.54. The predicted octanol–water partition coefficient (Wildman–Crippen LogP) is 1.39. The second kappa shape index (κ2) is 6.02. The largest absolute Gasteiger partial charge is 0.467 e. The van der Waals surface area contributed by atoms with Crippen LogP contribution in [-0.4, -0.2) is 28.2 Å². The van der Waals surface area contributed by atoms with Crippen molar-refractivity contribution < 1.29 is 9.52 Å². The minimum Gasteiger partial charge on any atom is -0.467 e. The Morgan fingerprint density at radius 1 is 1.28 bits per heavy atom. The molecule has 3 N–H and O–H groups in total. The van der Waals surface area contributed by atoms with Gasteiger partial charge < -0.3 is 20.2 Å². The normalized spacial score (nSPS) is 10.3. The topological polar surface area (TPSA) is 83.2 Å². The van der Waals surface area contributed by atoms with E-state index < -0.39 is 0 Å². The highest BCUT2D eigenvalue weighted by atomic mass is 16.3. The van der Waals surface area contributed by atoms with Gasteiger partial charge in [0.15, 0.2) is 0 Å². The van der Waals surface area contributed by atoms with Crippen molar-refractivity contribution in [1.29, 1.82) is 0 Å². The van der Waals surface area contributed by atoms with Crippen LogP contribution in [-0.2, 0) is 6.54 Å². The molecule has 0 saturated carbocycles. The SMILES string of the molecule is Cc1nc(NCCO)cc(NCc2ccco2)n1. The predicted molar refractivity (Wildman–Crippen MR) is 68.4 cm³/mol. The lowest BCUT2D eigenvalue weighted by Crippen LogP contribution is -2.09. The molecule has 2 rings (SSSR count). The lowest BCUT2D eigenvalue weighted by Gasteiger charge is -2.08. The van der Waals surface area contributed by atoms with Crippen molar-refractivity contribution in [2.75, 3.05) is 23.8 Å². The van der Waals surface area contributed by atoms with Crippen molar-refractivity contribution in [3.63, 3.8) is 0 Å². The number of hydrogen-bond donors (Lipinski definition) is 3. The van der Waals surface area contributed by atoms with Crippen LogP contribution < -0.4 is 10.6 Å². The highest BCUT2D eigenvalue weighted by Crippen LogP contribution is 2.12. The molecular weight excluding hydrogens is 232 g/mol. The van der Waals surface area contributed by atoms with Crippen LogP contribution in [0.2, 0.25) is 0 Å². The van der Waals surface area contributed by atoms with Crippen molar-refractivity contribution in [2.24, 2.45) is 0 Å². The molecule has 0 fully saturated rings. The summed E-state index contributed by atoms with van der Waals surface area (Å²) in [5.41, 5.74) is 0. The van der Waals surface area contributed by atoms with E-state index in [-0.39, 0.29) is 6.61 Å². The number of hydrogen-bond acceptors (Lipinski definition) is 6. The first-order valence-corrected chi connectivity index (χ1v) is 5.74. The van der Waals surface area contributed by atoms with Gasteiger partial charge in [-0.05, 0) is 19.1 Å². The van der Waals surface area contributed by atoms with Gasteiger partial charge in [0, 0.05) is 12.6 Å². The number of nitrogens with zero attached hydrogens (tertiary/aromatic N) is 2. The molecule has 2 heterocycles. The number of anilines is 2. The van der Waals surface area contributed by atoms with Crippen LogP contribution in [0.25, 0.3) is 0 Å². The molecule has 0 amide bonds. The van der Waals surface area contributed by atoms with Crippen LogP contribution in [0.15, 0.2) is 28.9 Å². The number of aromatic nitrogens is 2. The number of furan rings is 1. The second-order valence-corrected chi connectivity index (χ2v) is 3.77. The van der Waals surface area contributed by atoms with Crippen molar-refractivity contribution >= 4 is 11.6 Å². The van der Waals surface area contributed by atoms with Gasteiger partial charge in [0.25, 0.3) is 0 Å². The molecule has 96 valence electrons. The molecule has 0 radical (unpaired) electrons. The van der Waals surface area contributed by atoms with Crippen molar-refractivity contribution in [1.82, 2.24) is 9.97 Å². The Hall–Kier alpha value is -2.08. The standard InChI is InChI=1S/C12H16N4O2/c1-9-15-11(13-4-5-17)7-12(16-9)14-8-10-3-2-6-18-10/h2-3,6-7,17H,4-5,8H2,1H3,(H2,13,14,15,16). The Bertz CT molecular complexity index is 485. The quantitative estimate of drug-likeness (QED) is 0.716. The van der Waals surface area contributed by atoms with Crippen molar-refractivity contribution in [3.8, 4) is 0 Å². The minimum atomic E-state index is 0.0677. The maximum atomic E-state index is 8.76. The Balaban J connectivity index is 2.00. The fourth-order valence-electron chi connectivity index (χ4n) is 1.52. The van der Waals surface area contributed by atoms with E-state index in [1.165, 1.54) is 0 Å². The summed E-state index contributed by atoms with van der Waals surface area (Å²) < 4.78 is 5.23. The minimum absolute atomic E-state index is 0.0677. The van der Waals surface area contributed by atoms with E-state index in [1.54, 1.807) is 12.3 Å². The summed E-state index contributed by atoms with van der Waals surface area (Å²) in [7, 11) is 0. The van der Waals surface area contributed by atoms with E-state index in [2.05, 4.69) is 20.6 Å². The highest BCUT2D eigenvalue weighted by Gasteiger charge is 2.02. The fraction of sp³-hybridized carbons (Fsp3) is 0.333. The van der Waals surface area contributed by atoms with E-state index in [4.69, 9.17) is 9.52 Å². The third-order valence-electron chi connectivity index (χ3n) is 2.28. The molecular formula is C12H16N4O2. The van der Waals surface area contributed by atoms with E-state index >= 15 is 0 Å². The molecule has 0 aliphatic rings. The molecule has 2 aromatic heterocycles. The van der Waals surface area contributed by atoms with Crippen LogP contribution >= 0.6 is 0 Å². The average molecular weight is 248 g/mol. The van der Waals surface area contributed by atoms with Gasteiger partial charge in [0.1, 0.15) is 23.2 Å². The Labute approximate surface area is 105 Å². The van der Waals surface area contributed by atoms with E-state index in [1.807, 2.05) is 19.1 Å². The summed E-state index contributed by atoms with van der Waals surface area (Å²) in [4.78, 5) is 8.49. The first-order valence-electron chi connectivity index (χ1n) is 5.74. The molecule has 0 atom stereocenters. The first-order chi connectivity index (χ1) is 8.78. The summed E-state index contributed by atoms with van der Waals surface area (Å²) >= 11 is 0. The number of aryl methyl sites for hydroxylation is 1. The van der Waals surface area contributed by atoms with E-state index in [0.717, 1.165) is 11.6 Å². The molecule has 6 heteroatoms. The van der Waals surface area contributed by atoms with Gasteiger partial charge in [-0.2, -0.15) is 0 Å². The van der Waals surface area contributed by atoms with E-state index in [0.29, 0.717) is 24.7 Å². The van der Waals surface area contributed by atoms with Gasteiger partial charge in [-0.3, -0.25) is 0 Å². The Morgan fingerprint density at radius 2 is 2.06 bits per heavy atom. The zero-order valence-corrected chi connectivity index (χ0v) is 10.2. The second-order valence-electron chi connectivity index (χ2n) is 3.77. The maximum absolute atomic E-state index is 8.76. The zero-order valence-electron chi connectivity index (χ0n) is 10.2. The van der Waals surface area contributed by atoms with Gasteiger partial charge in [-0.25, -0.2) is 9.97 Å². The molecule has 0 bridgehead atoms. The molecule has 2 aromatic rings. The van der Waals surface area contributed by atoms with Crippen LogP contribution in [0.3, 0.4) is 0 Å². The van der Waals surface area contributed by atoms with Gasteiger partial charge in [-0.1, -0.05) is 0 Å². The summed E-state index contributed by atoms with van der Waals surface area (Å²) in [5, 5.41) is 14.9. The third kappa shape index (κ3) is 3.46. The summed E-state index contributed by atoms with van der Waals surface area (Å²) in [6.45, 7) is 2.93. The van der Waals surface area contributed by atoms with Crippen LogP contribution in [0.1, 0.15) is 11.6 Å². The Kier molecular flexibility index (Phi) is 4.14. The third-order valence-corrected chi connectivity index (χ3v) is 2.28. The fourth-order valence-corrected chi connectivity index (χ4v) is 1.52. The van der Waals surface area contributed by atoms with Gasteiger partial charge in [0.05, 0.1) is 19.4 Å². The van der Waals surface area contributed by atoms with Crippen molar-refractivity contribution in [3.05, 3.63) is 36.0 Å². The molecule has 0 saturated heterocycles. The number of aliphatic hydroxyl groups excluding tert-OH is 1. The molecule has 0 unspecified atom stereocenters. The Morgan fingerprint density at radius 3 is 2.72 bits per heavy atom. The van der Waals surface area contributed by atoms with Gasteiger partial charge >= 0.3 is 0 Å². The number of aliphatic hydroxyl groups is 1.